The molecule has 170 valence electrons. The fourth-order valence-corrected chi connectivity index (χ4v) is 4.42. The molecule has 2 aliphatic rings. The molecular weight excluding hydrogens is 432 g/mol. The van der Waals surface area contributed by atoms with Crippen molar-refractivity contribution in [3.63, 3.8) is 0 Å². The van der Waals surface area contributed by atoms with Gasteiger partial charge in [0.25, 0.3) is 0 Å². The molecule has 0 saturated carbocycles. The summed E-state index contributed by atoms with van der Waals surface area (Å²) >= 11 is 0. The number of carbonyl (C=O) groups is 1. The number of hydrogen-bond acceptors (Lipinski definition) is 9. The topological polar surface area (TPSA) is 157 Å². The molecule has 6 N–H and O–H groups in total. The van der Waals surface area contributed by atoms with Gasteiger partial charge in [0.2, 0.25) is 0 Å². The highest BCUT2D eigenvalue weighted by Gasteiger charge is 2.39. The van der Waals surface area contributed by atoms with Crippen LogP contribution in [0.5, 0.6) is 40.2 Å². The van der Waals surface area contributed by atoms with Crippen LogP contribution in [0.1, 0.15) is 40.7 Å². The average Bonchev–Trinajstić information content (AvgIpc) is 2.77. The van der Waals surface area contributed by atoms with E-state index < -0.39 is 24.1 Å². The molecule has 9 heteroatoms. The first-order chi connectivity index (χ1) is 15.7. The number of rotatable bonds is 2. The summed E-state index contributed by atoms with van der Waals surface area (Å²) in [7, 11) is 0. The van der Waals surface area contributed by atoms with Gasteiger partial charge in [0.1, 0.15) is 5.75 Å². The molecule has 0 bridgehead atoms. The van der Waals surface area contributed by atoms with Gasteiger partial charge in [-0.25, -0.2) is 0 Å². The van der Waals surface area contributed by atoms with Gasteiger partial charge in [0.05, 0.1) is 12.5 Å². The lowest BCUT2D eigenvalue weighted by molar-refractivity contribution is -0.135. The van der Waals surface area contributed by atoms with Crippen LogP contribution in [0.3, 0.4) is 0 Å². The van der Waals surface area contributed by atoms with E-state index in [0.29, 0.717) is 22.3 Å². The Labute approximate surface area is 187 Å². The van der Waals surface area contributed by atoms with Crippen LogP contribution in [0.25, 0.3) is 0 Å². The number of carbonyl (C=O) groups excluding carboxylic acids is 1. The first-order valence-corrected chi connectivity index (χ1v) is 10.2. The summed E-state index contributed by atoms with van der Waals surface area (Å²) in [6, 6.07) is 9.65. The van der Waals surface area contributed by atoms with Crippen LogP contribution in [0, 0.1) is 0 Å². The van der Waals surface area contributed by atoms with Crippen molar-refractivity contribution in [2.45, 2.75) is 31.0 Å². The highest BCUT2D eigenvalue weighted by Crippen LogP contribution is 2.52. The third kappa shape index (κ3) is 3.42. The molecule has 3 aromatic carbocycles. The van der Waals surface area contributed by atoms with Gasteiger partial charge in [0, 0.05) is 23.5 Å². The number of phenols is 5. The molecule has 3 atom stereocenters. The lowest BCUT2D eigenvalue weighted by Crippen LogP contribution is -2.32. The van der Waals surface area contributed by atoms with Crippen molar-refractivity contribution >= 4 is 5.97 Å². The Morgan fingerprint density at radius 3 is 2.03 bits per heavy atom. The van der Waals surface area contributed by atoms with Crippen molar-refractivity contribution in [2.24, 2.45) is 0 Å². The van der Waals surface area contributed by atoms with Crippen LogP contribution in [0.15, 0.2) is 42.5 Å². The van der Waals surface area contributed by atoms with Crippen molar-refractivity contribution in [3.05, 3.63) is 64.7 Å². The molecule has 0 amide bonds. The number of aromatic hydroxyl groups is 5. The van der Waals surface area contributed by atoms with Crippen LogP contribution in [-0.4, -0.2) is 42.7 Å². The number of aliphatic hydroxyl groups is 1. The van der Waals surface area contributed by atoms with E-state index in [-0.39, 0.29) is 53.1 Å². The fraction of sp³-hybridized carbons (Fsp3) is 0.208. The second kappa shape index (κ2) is 7.49. The van der Waals surface area contributed by atoms with Gasteiger partial charge < -0.3 is 40.1 Å². The van der Waals surface area contributed by atoms with Crippen LogP contribution in [0.4, 0.5) is 0 Å². The minimum Gasteiger partial charge on any atom is -0.504 e. The Balaban J connectivity index is 1.59. The molecule has 2 heterocycles. The largest absolute Gasteiger partial charge is 0.504 e. The smallest absolute Gasteiger partial charge is 0.312 e. The zero-order valence-electron chi connectivity index (χ0n) is 17.1. The SMILES string of the molecule is O=C1CC(c2ccc(O)c(O)c2)c2cc(O)c3c(c2O1)C[C@@H](O)[C@@H](c1ccc(O)c(O)c1)O3. The summed E-state index contributed by atoms with van der Waals surface area (Å²) in [6.07, 6.45) is -2.12. The maximum Gasteiger partial charge on any atom is 0.312 e. The molecule has 9 nitrogen and oxygen atoms in total. The summed E-state index contributed by atoms with van der Waals surface area (Å²) in [5, 5.41) is 60.4. The third-order valence-corrected chi connectivity index (χ3v) is 6.03. The Morgan fingerprint density at radius 1 is 0.727 bits per heavy atom. The number of hydrogen-bond donors (Lipinski definition) is 6. The van der Waals surface area contributed by atoms with E-state index in [1.807, 2.05) is 0 Å². The highest BCUT2D eigenvalue weighted by molar-refractivity contribution is 5.80. The van der Waals surface area contributed by atoms with Crippen molar-refractivity contribution in [2.75, 3.05) is 0 Å². The monoisotopic (exact) mass is 452 g/mol. The van der Waals surface area contributed by atoms with Crippen LogP contribution in [0.2, 0.25) is 0 Å². The van der Waals surface area contributed by atoms with E-state index in [1.165, 1.54) is 36.4 Å². The number of esters is 1. The molecule has 0 fully saturated rings. The van der Waals surface area contributed by atoms with Crippen LogP contribution in [-0.2, 0) is 11.2 Å². The average molecular weight is 452 g/mol. The van der Waals surface area contributed by atoms with Crippen molar-refractivity contribution < 1.29 is 44.9 Å². The van der Waals surface area contributed by atoms with E-state index >= 15 is 0 Å². The van der Waals surface area contributed by atoms with E-state index in [4.69, 9.17) is 9.47 Å². The number of benzene rings is 3. The maximum absolute atomic E-state index is 12.4. The summed E-state index contributed by atoms with van der Waals surface area (Å²) in [4.78, 5) is 12.4. The molecule has 0 aliphatic carbocycles. The van der Waals surface area contributed by atoms with Crippen LogP contribution < -0.4 is 9.47 Å². The predicted molar refractivity (Wildman–Crippen MR) is 113 cm³/mol. The molecule has 1 unspecified atom stereocenters. The van der Waals surface area contributed by atoms with E-state index in [1.54, 1.807) is 6.07 Å². The Morgan fingerprint density at radius 2 is 1.36 bits per heavy atom. The maximum atomic E-state index is 12.4. The van der Waals surface area contributed by atoms with E-state index in [0.717, 1.165) is 0 Å². The lowest BCUT2D eigenvalue weighted by atomic mass is 9.83. The van der Waals surface area contributed by atoms with Gasteiger partial charge >= 0.3 is 5.97 Å². The van der Waals surface area contributed by atoms with Crippen molar-refractivity contribution in [1.82, 2.24) is 0 Å². The van der Waals surface area contributed by atoms with Gasteiger partial charge in [-0.05, 0) is 41.5 Å². The Kier molecular flexibility index (Phi) is 4.71. The number of ether oxygens (including phenoxy) is 2. The van der Waals surface area contributed by atoms with Gasteiger partial charge in [0.15, 0.2) is 40.6 Å². The Hall–Kier alpha value is -4.11. The second-order valence-corrected chi connectivity index (χ2v) is 8.16. The number of phenolic OH excluding ortho intramolecular Hbond substituents is 5. The quantitative estimate of drug-likeness (QED) is 0.195. The molecule has 0 aromatic heterocycles. The van der Waals surface area contributed by atoms with E-state index in [2.05, 4.69) is 0 Å². The normalized spacial score (nSPS) is 21.5. The minimum absolute atomic E-state index is 0.0147. The first kappa shape index (κ1) is 20.8. The predicted octanol–water partition coefficient (Wildman–Crippen LogP) is 2.69. The van der Waals surface area contributed by atoms with Gasteiger partial charge in [-0.3, -0.25) is 4.79 Å². The Bertz CT molecular complexity index is 1280. The van der Waals surface area contributed by atoms with Gasteiger partial charge in [-0.1, -0.05) is 12.1 Å². The highest BCUT2D eigenvalue weighted by atomic mass is 16.5. The first-order valence-electron chi connectivity index (χ1n) is 10.2. The summed E-state index contributed by atoms with van der Waals surface area (Å²) < 4.78 is 11.4. The molecule has 0 radical (unpaired) electrons. The molecule has 0 spiro atoms. The summed E-state index contributed by atoms with van der Waals surface area (Å²) in [6.45, 7) is 0. The molecule has 0 saturated heterocycles. The van der Waals surface area contributed by atoms with Crippen molar-refractivity contribution in [1.29, 1.82) is 0 Å². The fourth-order valence-electron chi connectivity index (χ4n) is 4.42. The summed E-state index contributed by atoms with van der Waals surface area (Å²) in [5.41, 5.74) is 1.72. The number of aliphatic hydroxyl groups excluding tert-OH is 1. The molecule has 33 heavy (non-hydrogen) atoms. The van der Waals surface area contributed by atoms with Crippen molar-refractivity contribution in [3.8, 4) is 40.2 Å². The summed E-state index contributed by atoms with van der Waals surface area (Å²) in [5.74, 6) is -2.45. The van der Waals surface area contributed by atoms with E-state index in [9.17, 15) is 35.4 Å². The number of fused-ring (bicyclic) bond motifs is 3. The zero-order valence-corrected chi connectivity index (χ0v) is 17.1. The minimum atomic E-state index is -1.11. The van der Waals surface area contributed by atoms with Gasteiger partial charge in [-0.15, -0.1) is 0 Å². The lowest BCUT2D eigenvalue weighted by Gasteiger charge is -2.35. The van der Waals surface area contributed by atoms with Gasteiger partial charge in [-0.2, -0.15) is 0 Å². The molecule has 5 rings (SSSR count). The van der Waals surface area contributed by atoms with Crippen LogP contribution >= 0.6 is 0 Å². The zero-order chi connectivity index (χ0) is 23.4. The second-order valence-electron chi connectivity index (χ2n) is 8.16. The third-order valence-electron chi connectivity index (χ3n) is 6.03. The standard InChI is InChI=1S/C24H20O9/c25-15-3-1-10(5-17(15)27)12-9-21(31)32-23-13(12)7-20(30)24-14(23)8-19(29)22(33-24)11-2-4-16(26)18(28)6-11/h1-7,12,19,22,25-30H,8-9H2/t12?,19-,22-/m1/s1. The molecule has 2 aliphatic heterocycles. The molecule has 3 aromatic rings. The molecular formula is C24H20O9.